The molecule has 2 aromatic carbocycles. The van der Waals surface area contributed by atoms with Gasteiger partial charge in [-0.05, 0) is 17.2 Å². The van der Waals surface area contributed by atoms with Crippen LogP contribution in [0.25, 0.3) is 11.6 Å². The second kappa shape index (κ2) is 5.57. The molecule has 0 amide bonds. The number of benzene rings is 2. The van der Waals surface area contributed by atoms with Crippen LogP contribution < -0.4 is 0 Å². The number of nitrogens with zero attached hydrogens (tertiary/aromatic N) is 2. The van der Waals surface area contributed by atoms with Gasteiger partial charge >= 0.3 is 0 Å². The fraction of sp³-hybridized carbons (Fsp3) is 0.0556. The standard InChI is InChI=1S/C18H16N2/c1-20-13-12-19-18(20)17(16-10-6-3-7-11-16)14-15-8-4-2-5-9-15/h2-14H,1H3/b17-14-. The third-order valence-corrected chi connectivity index (χ3v) is 3.26. The predicted octanol–water partition coefficient (Wildman–Crippen LogP) is 4.01. The van der Waals surface area contributed by atoms with Gasteiger partial charge in [0.05, 0.1) is 0 Å². The maximum absolute atomic E-state index is 4.48. The summed E-state index contributed by atoms with van der Waals surface area (Å²) in [5.41, 5.74) is 3.48. The molecule has 98 valence electrons. The quantitative estimate of drug-likeness (QED) is 0.651. The van der Waals surface area contributed by atoms with E-state index in [1.54, 1.807) is 0 Å². The van der Waals surface area contributed by atoms with E-state index in [1.165, 1.54) is 11.1 Å². The topological polar surface area (TPSA) is 17.8 Å². The van der Waals surface area contributed by atoms with Gasteiger partial charge in [0.15, 0.2) is 0 Å². The van der Waals surface area contributed by atoms with E-state index in [9.17, 15) is 0 Å². The molecular weight excluding hydrogens is 244 g/mol. The smallest absolute Gasteiger partial charge is 0.140 e. The fourth-order valence-electron chi connectivity index (χ4n) is 2.24. The zero-order valence-electron chi connectivity index (χ0n) is 11.4. The molecule has 20 heavy (non-hydrogen) atoms. The summed E-state index contributed by atoms with van der Waals surface area (Å²) in [5, 5.41) is 0. The van der Waals surface area contributed by atoms with Crippen LogP contribution in [0.1, 0.15) is 17.0 Å². The summed E-state index contributed by atoms with van der Waals surface area (Å²) in [6, 6.07) is 20.7. The summed E-state index contributed by atoms with van der Waals surface area (Å²) < 4.78 is 2.04. The van der Waals surface area contributed by atoms with Gasteiger partial charge < -0.3 is 4.57 Å². The van der Waals surface area contributed by atoms with Crippen LogP contribution in [-0.2, 0) is 7.05 Å². The zero-order valence-corrected chi connectivity index (χ0v) is 11.4. The molecule has 0 fully saturated rings. The van der Waals surface area contributed by atoms with Crippen LogP contribution in [0.3, 0.4) is 0 Å². The van der Waals surface area contributed by atoms with Crippen molar-refractivity contribution in [1.82, 2.24) is 9.55 Å². The minimum Gasteiger partial charge on any atom is -0.334 e. The van der Waals surface area contributed by atoms with Gasteiger partial charge in [0.25, 0.3) is 0 Å². The van der Waals surface area contributed by atoms with Crippen LogP contribution in [0.4, 0.5) is 0 Å². The van der Waals surface area contributed by atoms with Gasteiger partial charge in [-0.15, -0.1) is 0 Å². The summed E-state index contributed by atoms with van der Waals surface area (Å²) in [7, 11) is 2.02. The van der Waals surface area contributed by atoms with Crippen molar-refractivity contribution in [2.75, 3.05) is 0 Å². The van der Waals surface area contributed by atoms with E-state index in [0.717, 1.165) is 11.4 Å². The molecule has 0 saturated heterocycles. The second-order valence-electron chi connectivity index (χ2n) is 4.70. The Balaban J connectivity index is 2.15. The van der Waals surface area contributed by atoms with E-state index >= 15 is 0 Å². The summed E-state index contributed by atoms with van der Waals surface area (Å²) in [6.07, 6.45) is 5.98. The molecule has 0 bridgehead atoms. The molecule has 0 aliphatic rings. The Hall–Kier alpha value is -2.61. The Bertz CT molecular complexity index is 709. The van der Waals surface area contributed by atoms with Crippen molar-refractivity contribution >= 4 is 11.6 Å². The van der Waals surface area contributed by atoms with Crippen LogP contribution in [0.2, 0.25) is 0 Å². The number of hydrogen-bond donors (Lipinski definition) is 0. The van der Waals surface area contributed by atoms with Gasteiger partial charge in [0.1, 0.15) is 5.82 Å². The van der Waals surface area contributed by atoms with Crippen molar-refractivity contribution in [1.29, 1.82) is 0 Å². The summed E-state index contributed by atoms with van der Waals surface area (Å²) in [4.78, 5) is 4.48. The number of hydrogen-bond acceptors (Lipinski definition) is 1. The molecule has 0 atom stereocenters. The van der Waals surface area contributed by atoms with Gasteiger partial charge in [-0.3, -0.25) is 0 Å². The van der Waals surface area contributed by atoms with Crippen LogP contribution in [0.15, 0.2) is 73.1 Å². The summed E-state index contributed by atoms with van der Waals surface area (Å²) >= 11 is 0. The second-order valence-corrected chi connectivity index (χ2v) is 4.70. The molecule has 0 aliphatic heterocycles. The van der Waals surface area contributed by atoms with E-state index < -0.39 is 0 Å². The Morgan fingerprint density at radius 1 is 0.950 bits per heavy atom. The van der Waals surface area contributed by atoms with Crippen molar-refractivity contribution in [3.63, 3.8) is 0 Å². The fourth-order valence-corrected chi connectivity index (χ4v) is 2.24. The SMILES string of the molecule is Cn1ccnc1/C(=C\c1ccccc1)c1ccccc1. The minimum atomic E-state index is 0.972. The van der Waals surface area contributed by atoms with Crippen molar-refractivity contribution in [2.24, 2.45) is 7.05 Å². The largest absolute Gasteiger partial charge is 0.334 e. The van der Waals surface area contributed by atoms with Gasteiger partial charge in [-0.1, -0.05) is 60.7 Å². The number of aryl methyl sites for hydroxylation is 1. The van der Waals surface area contributed by atoms with E-state index in [4.69, 9.17) is 0 Å². The molecule has 1 heterocycles. The van der Waals surface area contributed by atoms with Crippen LogP contribution in [0.5, 0.6) is 0 Å². The third kappa shape index (κ3) is 2.54. The van der Waals surface area contributed by atoms with Crippen molar-refractivity contribution in [2.45, 2.75) is 0 Å². The van der Waals surface area contributed by atoms with Gasteiger partial charge in [0.2, 0.25) is 0 Å². The van der Waals surface area contributed by atoms with Gasteiger partial charge in [-0.25, -0.2) is 4.98 Å². The number of rotatable bonds is 3. The molecule has 0 N–H and O–H groups in total. The zero-order chi connectivity index (χ0) is 13.8. The lowest BCUT2D eigenvalue weighted by atomic mass is 10.0. The van der Waals surface area contributed by atoms with Crippen LogP contribution in [0, 0.1) is 0 Å². The Labute approximate surface area is 119 Å². The first-order valence-corrected chi connectivity index (χ1v) is 6.64. The highest BCUT2D eigenvalue weighted by molar-refractivity contribution is 5.89. The summed E-state index contributed by atoms with van der Waals surface area (Å²) in [5.74, 6) is 0.972. The summed E-state index contributed by atoms with van der Waals surface area (Å²) in [6.45, 7) is 0. The Kier molecular flexibility index (Phi) is 3.46. The monoisotopic (exact) mass is 260 g/mol. The minimum absolute atomic E-state index is 0.972. The van der Waals surface area contributed by atoms with Crippen LogP contribution >= 0.6 is 0 Å². The molecule has 2 nitrogen and oxygen atoms in total. The lowest BCUT2D eigenvalue weighted by molar-refractivity contribution is 0.892. The van der Waals surface area contributed by atoms with E-state index in [1.807, 2.05) is 48.3 Å². The molecular formula is C18H16N2. The molecule has 3 rings (SSSR count). The highest BCUT2D eigenvalue weighted by Gasteiger charge is 2.09. The van der Waals surface area contributed by atoms with E-state index in [0.29, 0.717) is 0 Å². The number of aromatic nitrogens is 2. The Morgan fingerprint density at radius 3 is 2.20 bits per heavy atom. The maximum Gasteiger partial charge on any atom is 0.140 e. The van der Waals surface area contributed by atoms with Crippen molar-refractivity contribution in [3.05, 3.63) is 90.0 Å². The molecule has 0 saturated carbocycles. The molecule has 1 aromatic heterocycles. The normalized spacial score (nSPS) is 11.6. The van der Waals surface area contributed by atoms with Crippen molar-refractivity contribution in [3.8, 4) is 0 Å². The van der Waals surface area contributed by atoms with Crippen LogP contribution in [-0.4, -0.2) is 9.55 Å². The van der Waals surface area contributed by atoms with Crippen molar-refractivity contribution < 1.29 is 0 Å². The molecule has 3 aromatic rings. The predicted molar refractivity (Wildman–Crippen MR) is 83.1 cm³/mol. The third-order valence-electron chi connectivity index (χ3n) is 3.26. The van der Waals surface area contributed by atoms with E-state index in [-0.39, 0.29) is 0 Å². The first-order chi connectivity index (χ1) is 9.84. The number of imidazole rings is 1. The molecule has 0 radical (unpaired) electrons. The highest BCUT2D eigenvalue weighted by atomic mass is 15.0. The average Bonchev–Trinajstić information content (AvgIpc) is 2.93. The lowest BCUT2D eigenvalue weighted by Crippen LogP contribution is -1.98. The lowest BCUT2D eigenvalue weighted by Gasteiger charge is -2.08. The molecule has 0 unspecified atom stereocenters. The maximum atomic E-state index is 4.48. The highest BCUT2D eigenvalue weighted by Crippen LogP contribution is 2.24. The average molecular weight is 260 g/mol. The van der Waals surface area contributed by atoms with Gasteiger partial charge in [0, 0.05) is 25.0 Å². The molecule has 0 aliphatic carbocycles. The molecule has 0 spiro atoms. The first-order valence-electron chi connectivity index (χ1n) is 6.64. The molecule has 2 heteroatoms. The Morgan fingerprint density at radius 2 is 1.60 bits per heavy atom. The first kappa shape index (κ1) is 12.4. The van der Waals surface area contributed by atoms with E-state index in [2.05, 4.69) is 47.5 Å². The van der Waals surface area contributed by atoms with Gasteiger partial charge in [-0.2, -0.15) is 0 Å².